The largest absolute Gasteiger partial charge is 0.496 e. The maximum absolute atomic E-state index is 14.1. The Morgan fingerprint density at radius 2 is 1.58 bits per heavy atom. The molecule has 0 heterocycles. The van der Waals surface area contributed by atoms with Crippen LogP contribution >= 0.6 is 31.9 Å². The van der Waals surface area contributed by atoms with Gasteiger partial charge in [0.2, 0.25) is 0 Å². The van der Waals surface area contributed by atoms with Crippen molar-refractivity contribution in [2.75, 3.05) is 12.4 Å². The maximum Gasteiger partial charge on any atom is 0.255 e. The average Bonchev–Trinajstić information content (AvgIpc) is 2.78. The van der Waals surface area contributed by atoms with Gasteiger partial charge in [0.05, 0.1) is 16.1 Å². The first-order valence-corrected chi connectivity index (χ1v) is 10.2. The molecule has 10 heteroatoms. The molecule has 0 aliphatic rings. The highest BCUT2D eigenvalue weighted by molar-refractivity contribution is 9.10. The van der Waals surface area contributed by atoms with E-state index in [1.165, 1.54) is 25.3 Å². The van der Waals surface area contributed by atoms with Crippen LogP contribution in [0.3, 0.4) is 0 Å². The summed E-state index contributed by atoms with van der Waals surface area (Å²) in [6.45, 7) is 0.0111. The number of rotatable bonds is 6. The number of nitrogens with one attached hydrogen (secondary N) is 1. The Kier molecular flexibility index (Phi) is 7.22. The molecule has 0 bridgehead atoms. The molecule has 1 amide bonds. The first kappa shape index (κ1) is 23.1. The predicted molar refractivity (Wildman–Crippen MR) is 113 cm³/mol. The minimum Gasteiger partial charge on any atom is -0.496 e. The molecule has 0 radical (unpaired) electrons. The van der Waals surface area contributed by atoms with Crippen molar-refractivity contribution in [3.8, 4) is 11.5 Å². The lowest BCUT2D eigenvalue weighted by atomic mass is 10.1. The molecule has 0 aliphatic carbocycles. The van der Waals surface area contributed by atoms with E-state index in [2.05, 4.69) is 31.9 Å². The van der Waals surface area contributed by atoms with E-state index in [-0.39, 0.29) is 12.2 Å². The fourth-order valence-corrected chi connectivity index (χ4v) is 3.40. The Labute approximate surface area is 191 Å². The summed E-state index contributed by atoms with van der Waals surface area (Å²) in [5.74, 6) is -6.82. The lowest BCUT2D eigenvalue weighted by Gasteiger charge is -2.14. The Bertz CT molecular complexity index is 1130. The van der Waals surface area contributed by atoms with Gasteiger partial charge < -0.3 is 14.8 Å². The third-order valence-electron chi connectivity index (χ3n) is 4.21. The third-order valence-corrected chi connectivity index (χ3v) is 5.56. The average molecular weight is 563 g/mol. The van der Waals surface area contributed by atoms with Crippen molar-refractivity contribution < 1.29 is 31.8 Å². The van der Waals surface area contributed by atoms with Crippen LogP contribution in [-0.4, -0.2) is 13.0 Å². The van der Waals surface area contributed by atoms with Crippen LogP contribution in [0.15, 0.2) is 51.4 Å². The molecule has 1 N–H and O–H groups in total. The second kappa shape index (κ2) is 9.69. The van der Waals surface area contributed by atoms with Crippen LogP contribution in [0.25, 0.3) is 0 Å². The zero-order chi connectivity index (χ0) is 22.7. The summed E-state index contributed by atoms with van der Waals surface area (Å²) in [5, 5.41) is 1.87. The molecule has 162 valence electrons. The molecule has 0 saturated heterocycles. The highest BCUT2D eigenvalue weighted by Crippen LogP contribution is 2.32. The van der Waals surface area contributed by atoms with Gasteiger partial charge in [-0.25, -0.2) is 17.6 Å². The van der Waals surface area contributed by atoms with Gasteiger partial charge in [-0.3, -0.25) is 4.79 Å². The molecule has 0 unspecified atom stereocenters. The van der Waals surface area contributed by atoms with E-state index < -0.39 is 39.3 Å². The van der Waals surface area contributed by atoms with Gasteiger partial charge in [-0.15, -0.1) is 0 Å². The van der Waals surface area contributed by atoms with Crippen LogP contribution in [0.5, 0.6) is 11.5 Å². The highest BCUT2D eigenvalue weighted by Gasteiger charge is 2.26. The number of methoxy groups -OCH3 is 1. The first-order chi connectivity index (χ1) is 14.7. The van der Waals surface area contributed by atoms with Crippen molar-refractivity contribution in [1.82, 2.24) is 0 Å². The van der Waals surface area contributed by atoms with Crippen LogP contribution < -0.4 is 14.8 Å². The van der Waals surface area contributed by atoms with Crippen LogP contribution in [0, 0.1) is 23.3 Å². The topological polar surface area (TPSA) is 47.6 Å². The second-order valence-electron chi connectivity index (χ2n) is 6.14. The van der Waals surface area contributed by atoms with E-state index >= 15 is 0 Å². The molecule has 0 atom stereocenters. The van der Waals surface area contributed by atoms with Gasteiger partial charge in [0.25, 0.3) is 5.91 Å². The Morgan fingerprint density at radius 3 is 2.19 bits per heavy atom. The van der Waals surface area contributed by atoms with Gasteiger partial charge in [0.15, 0.2) is 23.3 Å². The quantitative estimate of drug-likeness (QED) is 0.209. The molecule has 0 aliphatic heterocycles. The van der Waals surface area contributed by atoms with Crippen molar-refractivity contribution >= 4 is 43.5 Å². The summed E-state index contributed by atoms with van der Waals surface area (Å²) in [6, 6.07) is 11.3. The van der Waals surface area contributed by atoms with E-state index in [1.54, 1.807) is 18.2 Å². The second-order valence-corrected chi connectivity index (χ2v) is 7.79. The number of anilines is 1. The van der Waals surface area contributed by atoms with Gasteiger partial charge in [-0.2, -0.15) is 0 Å². The number of hydrogen-bond donors (Lipinski definition) is 1. The SMILES string of the molecule is COc1ccc(C(=O)Nc2c(F)c(F)c(Br)c(F)c2F)cc1COc1ccccc1Br. The Morgan fingerprint density at radius 1 is 0.935 bits per heavy atom. The smallest absolute Gasteiger partial charge is 0.255 e. The number of para-hydroxylation sites is 1. The number of benzene rings is 3. The van der Waals surface area contributed by atoms with Gasteiger partial charge >= 0.3 is 0 Å². The number of hydrogen-bond acceptors (Lipinski definition) is 3. The molecule has 0 fully saturated rings. The number of ether oxygens (including phenoxy) is 2. The maximum atomic E-state index is 14.1. The van der Waals surface area contributed by atoms with Crippen molar-refractivity contribution in [2.45, 2.75) is 6.61 Å². The summed E-state index contributed by atoms with van der Waals surface area (Å²) in [7, 11) is 1.43. The number of carbonyl (C=O) groups is 1. The van der Waals surface area contributed by atoms with E-state index in [9.17, 15) is 22.4 Å². The van der Waals surface area contributed by atoms with Gasteiger partial charge in [0, 0.05) is 11.1 Å². The lowest BCUT2D eigenvalue weighted by molar-refractivity contribution is 0.102. The normalized spacial score (nSPS) is 10.7. The monoisotopic (exact) mass is 561 g/mol. The zero-order valence-electron chi connectivity index (χ0n) is 15.7. The standard InChI is InChI=1S/C21H13Br2F4NO3/c1-30-13-7-6-10(8-11(13)9-31-14-5-3-2-4-12(14)22)21(29)28-20-18(26)16(24)15(23)17(25)19(20)27/h2-8H,9H2,1H3,(H,28,29). The van der Waals surface area contributed by atoms with Crippen molar-refractivity contribution in [1.29, 1.82) is 0 Å². The van der Waals surface area contributed by atoms with Crippen LogP contribution in [0.4, 0.5) is 23.2 Å². The van der Waals surface area contributed by atoms with Crippen molar-refractivity contribution in [2.24, 2.45) is 0 Å². The summed E-state index contributed by atoms with van der Waals surface area (Å²) in [4.78, 5) is 12.5. The molecule has 0 spiro atoms. The molecule has 0 aromatic heterocycles. The number of amides is 1. The Hall–Kier alpha value is -2.59. The minimum atomic E-state index is -1.73. The fraction of sp³-hybridized carbons (Fsp3) is 0.0952. The van der Waals surface area contributed by atoms with Crippen molar-refractivity contribution in [3.63, 3.8) is 0 Å². The summed E-state index contributed by atoms with van der Waals surface area (Å²) in [5.41, 5.74) is -0.806. The minimum absolute atomic E-state index is 0.0111. The van der Waals surface area contributed by atoms with Crippen molar-refractivity contribution in [3.05, 3.63) is 85.8 Å². The number of carbonyl (C=O) groups excluding carboxylic acids is 1. The molecule has 4 nitrogen and oxygen atoms in total. The molecule has 3 rings (SSSR count). The van der Waals surface area contributed by atoms with E-state index in [1.807, 2.05) is 11.4 Å². The highest BCUT2D eigenvalue weighted by atomic mass is 79.9. The summed E-state index contributed by atoms with van der Waals surface area (Å²) in [6.07, 6.45) is 0. The molecular formula is C21H13Br2F4NO3. The molecule has 31 heavy (non-hydrogen) atoms. The molecular weight excluding hydrogens is 550 g/mol. The van der Waals surface area contributed by atoms with Gasteiger partial charge in [0.1, 0.15) is 23.8 Å². The summed E-state index contributed by atoms with van der Waals surface area (Å²) >= 11 is 5.77. The molecule has 0 saturated carbocycles. The first-order valence-electron chi connectivity index (χ1n) is 8.61. The lowest BCUT2D eigenvalue weighted by Crippen LogP contribution is -2.17. The van der Waals surface area contributed by atoms with Gasteiger partial charge in [-0.1, -0.05) is 12.1 Å². The Balaban J connectivity index is 1.88. The fourth-order valence-electron chi connectivity index (χ4n) is 2.65. The van der Waals surface area contributed by atoms with Crippen LogP contribution in [-0.2, 0) is 6.61 Å². The predicted octanol–water partition coefficient (Wildman–Crippen LogP) is 6.61. The molecule has 3 aromatic rings. The van der Waals surface area contributed by atoms with Crippen LogP contribution in [0.1, 0.15) is 15.9 Å². The van der Waals surface area contributed by atoms with Crippen LogP contribution in [0.2, 0.25) is 0 Å². The van der Waals surface area contributed by atoms with E-state index in [0.29, 0.717) is 21.5 Å². The summed E-state index contributed by atoms with van der Waals surface area (Å²) < 4.78 is 66.2. The number of halogens is 6. The molecule has 3 aromatic carbocycles. The van der Waals surface area contributed by atoms with Gasteiger partial charge in [-0.05, 0) is 62.2 Å². The third kappa shape index (κ3) is 4.85. The van der Waals surface area contributed by atoms with E-state index in [0.717, 1.165) is 0 Å². The van der Waals surface area contributed by atoms with E-state index in [4.69, 9.17) is 9.47 Å². The zero-order valence-corrected chi connectivity index (χ0v) is 18.9.